The number of sulfone groups is 1. The van der Waals surface area contributed by atoms with E-state index in [0.29, 0.717) is 17.9 Å². The van der Waals surface area contributed by atoms with Crippen LogP contribution < -0.4 is 16.2 Å². The van der Waals surface area contributed by atoms with E-state index in [1.54, 1.807) is 24.3 Å². The number of alkyl halides is 1. The third-order valence-corrected chi connectivity index (χ3v) is 7.03. The Morgan fingerprint density at radius 3 is 2.30 bits per heavy atom. The summed E-state index contributed by atoms with van der Waals surface area (Å²) >= 11 is 11.7. The number of nitrogens with one attached hydrogen (secondary N) is 2. The molecule has 1 aliphatic rings. The Morgan fingerprint density at radius 1 is 1.06 bits per heavy atom. The highest BCUT2D eigenvalue weighted by Gasteiger charge is 2.45. The molecule has 1 aliphatic carbocycles. The summed E-state index contributed by atoms with van der Waals surface area (Å²) in [6.07, 6.45) is 2.59. The molecule has 33 heavy (non-hydrogen) atoms. The van der Waals surface area contributed by atoms with E-state index in [2.05, 4.69) is 10.6 Å². The van der Waals surface area contributed by atoms with Crippen molar-refractivity contribution in [2.45, 2.75) is 25.9 Å². The van der Waals surface area contributed by atoms with Crippen LogP contribution in [-0.4, -0.2) is 49.2 Å². The number of pyridine rings is 1. The predicted molar refractivity (Wildman–Crippen MR) is 128 cm³/mol. The van der Waals surface area contributed by atoms with Gasteiger partial charge in [0, 0.05) is 42.2 Å². The number of hydrogen-bond acceptors (Lipinski definition) is 5. The van der Waals surface area contributed by atoms with Crippen molar-refractivity contribution in [2.24, 2.45) is 5.41 Å². The lowest BCUT2D eigenvalue weighted by Gasteiger charge is -2.17. The van der Waals surface area contributed by atoms with Gasteiger partial charge in [0.2, 0.25) is 0 Å². The standard InChI is InChI=1S/C22H25Cl2N3O5S/c1-33(31,32)14-22(8-9-22)13-26-20(29)18-7-6-17(21(30)27(18)11-10-23)19(28)25-12-15-2-4-16(24)5-3-15/h2-7H,8-14H2,1H3,(H,25,28)(H,26,29). The Bertz CT molecular complexity index is 1210. The second-order valence-corrected chi connectivity index (χ2v) is 11.3. The minimum atomic E-state index is -3.17. The molecule has 0 radical (unpaired) electrons. The van der Waals surface area contributed by atoms with Gasteiger partial charge in [-0.1, -0.05) is 23.7 Å². The van der Waals surface area contributed by atoms with Crippen molar-refractivity contribution in [2.75, 3.05) is 24.4 Å². The second-order valence-electron chi connectivity index (χ2n) is 8.34. The van der Waals surface area contributed by atoms with Crippen LogP contribution in [-0.2, 0) is 22.9 Å². The molecule has 0 atom stereocenters. The van der Waals surface area contributed by atoms with Crippen LogP contribution >= 0.6 is 23.2 Å². The zero-order valence-electron chi connectivity index (χ0n) is 18.1. The summed E-state index contributed by atoms with van der Waals surface area (Å²) in [7, 11) is -3.17. The molecule has 2 amide bonds. The van der Waals surface area contributed by atoms with Gasteiger partial charge in [-0.3, -0.25) is 14.4 Å². The summed E-state index contributed by atoms with van der Waals surface area (Å²) in [6.45, 7) is 0.433. The minimum Gasteiger partial charge on any atom is -0.350 e. The Morgan fingerprint density at radius 2 is 1.73 bits per heavy atom. The van der Waals surface area contributed by atoms with Gasteiger partial charge in [0.15, 0.2) is 0 Å². The molecule has 0 bridgehead atoms. The van der Waals surface area contributed by atoms with Crippen molar-refractivity contribution >= 4 is 44.9 Å². The molecule has 3 rings (SSSR count). The zero-order chi connectivity index (χ0) is 24.2. The monoisotopic (exact) mass is 513 g/mol. The molecule has 1 heterocycles. The second kappa shape index (κ2) is 10.3. The number of aromatic nitrogens is 1. The fourth-order valence-corrected chi connectivity index (χ4v) is 5.40. The van der Waals surface area contributed by atoms with Gasteiger partial charge in [-0.15, -0.1) is 11.6 Å². The lowest BCUT2D eigenvalue weighted by Crippen LogP contribution is -2.39. The maximum atomic E-state index is 12.9. The Labute approximate surface area is 202 Å². The van der Waals surface area contributed by atoms with Crippen molar-refractivity contribution in [1.82, 2.24) is 15.2 Å². The average Bonchev–Trinajstić information content (AvgIpc) is 3.50. The average molecular weight is 514 g/mol. The van der Waals surface area contributed by atoms with E-state index in [1.807, 2.05) is 0 Å². The van der Waals surface area contributed by atoms with Crippen molar-refractivity contribution in [1.29, 1.82) is 0 Å². The maximum Gasteiger partial charge on any atom is 0.268 e. The number of halogens is 2. The van der Waals surface area contributed by atoms with Gasteiger partial charge in [0.25, 0.3) is 17.4 Å². The first-order valence-corrected chi connectivity index (χ1v) is 13.3. The molecule has 1 aromatic heterocycles. The van der Waals surface area contributed by atoms with Crippen LogP contribution in [0.2, 0.25) is 5.02 Å². The summed E-state index contributed by atoms with van der Waals surface area (Å²) in [5.74, 6) is -1.03. The number of carbonyl (C=O) groups excluding carboxylic acids is 2. The van der Waals surface area contributed by atoms with E-state index >= 15 is 0 Å². The van der Waals surface area contributed by atoms with Crippen LogP contribution in [0.25, 0.3) is 0 Å². The summed E-state index contributed by atoms with van der Waals surface area (Å²) in [6, 6.07) is 9.63. The molecule has 1 fully saturated rings. The van der Waals surface area contributed by atoms with Crippen molar-refractivity contribution < 1.29 is 18.0 Å². The van der Waals surface area contributed by atoms with E-state index in [0.717, 1.165) is 10.1 Å². The van der Waals surface area contributed by atoms with Crippen molar-refractivity contribution in [3.63, 3.8) is 0 Å². The van der Waals surface area contributed by atoms with Gasteiger partial charge in [-0.2, -0.15) is 0 Å². The number of rotatable bonds is 10. The first kappa shape index (κ1) is 25.3. The molecule has 1 saturated carbocycles. The maximum absolute atomic E-state index is 12.9. The Kier molecular flexibility index (Phi) is 7.87. The Balaban J connectivity index is 1.73. The van der Waals surface area contributed by atoms with Crippen LogP contribution in [0.5, 0.6) is 0 Å². The third-order valence-electron chi connectivity index (χ3n) is 5.48. The van der Waals surface area contributed by atoms with Crippen LogP contribution in [0.15, 0.2) is 41.2 Å². The van der Waals surface area contributed by atoms with Gasteiger partial charge in [0.05, 0.1) is 5.75 Å². The molecular weight excluding hydrogens is 489 g/mol. The van der Waals surface area contributed by atoms with Crippen LogP contribution in [0.3, 0.4) is 0 Å². The molecule has 2 N–H and O–H groups in total. The molecule has 0 aliphatic heterocycles. The summed E-state index contributed by atoms with van der Waals surface area (Å²) in [5.41, 5.74) is -0.323. The fourth-order valence-electron chi connectivity index (χ4n) is 3.60. The summed E-state index contributed by atoms with van der Waals surface area (Å²) in [5, 5.41) is 5.99. The molecule has 0 spiro atoms. The topological polar surface area (TPSA) is 114 Å². The molecular formula is C22H25Cl2N3O5S. The number of carbonyl (C=O) groups is 2. The number of nitrogens with zero attached hydrogens (tertiary/aromatic N) is 1. The van der Waals surface area contributed by atoms with Gasteiger partial charge < -0.3 is 15.2 Å². The number of benzene rings is 1. The van der Waals surface area contributed by atoms with Crippen molar-refractivity contribution in [3.05, 3.63) is 68.6 Å². The molecule has 8 nitrogen and oxygen atoms in total. The lowest BCUT2D eigenvalue weighted by atomic mass is 10.1. The molecule has 0 unspecified atom stereocenters. The predicted octanol–water partition coefficient (Wildman–Crippen LogP) is 2.23. The van der Waals surface area contributed by atoms with Crippen LogP contribution in [0, 0.1) is 5.41 Å². The van der Waals surface area contributed by atoms with Gasteiger partial charge in [0.1, 0.15) is 21.1 Å². The van der Waals surface area contributed by atoms with E-state index in [1.165, 1.54) is 18.4 Å². The third kappa shape index (κ3) is 6.82. The molecule has 2 aromatic rings. The Hall–Kier alpha value is -2.36. The zero-order valence-corrected chi connectivity index (χ0v) is 20.4. The molecule has 1 aromatic carbocycles. The highest BCUT2D eigenvalue weighted by molar-refractivity contribution is 7.90. The lowest BCUT2D eigenvalue weighted by molar-refractivity contribution is 0.0925. The number of hydrogen-bond donors (Lipinski definition) is 2. The highest BCUT2D eigenvalue weighted by atomic mass is 35.5. The number of amides is 2. The molecule has 0 saturated heterocycles. The first-order chi connectivity index (χ1) is 15.5. The van der Waals surface area contributed by atoms with Crippen LogP contribution in [0.1, 0.15) is 39.3 Å². The quantitative estimate of drug-likeness (QED) is 0.472. The van der Waals surface area contributed by atoms with E-state index in [9.17, 15) is 22.8 Å². The van der Waals surface area contributed by atoms with E-state index < -0.39 is 32.6 Å². The van der Waals surface area contributed by atoms with E-state index in [-0.39, 0.29) is 42.5 Å². The van der Waals surface area contributed by atoms with Crippen LogP contribution in [0.4, 0.5) is 0 Å². The highest BCUT2D eigenvalue weighted by Crippen LogP contribution is 2.46. The largest absolute Gasteiger partial charge is 0.350 e. The first-order valence-electron chi connectivity index (χ1n) is 10.3. The van der Waals surface area contributed by atoms with E-state index in [4.69, 9.17) is 23.2 Å². The fraction of sp³-hybridized carbons (Fsp3) is 0.409. The van der Waals surface area contributed by atoms with Gasteiger partial charge in [-0.05, 0) is 42.7 Å². The smallest absolute Gasteiger partial charge is 0.268 e. The minimum absolute atomic E-state index is 0.00148. The summed E-state index contributed by atoms with van der Waals surface area (Å²) in [4.78, 5) is 38.3. The van der Waals surface area contributed by atoms with Crippen molar-refractivity contribution in [3.8, 4) is 0 Å². The summed E-state index contributed by atoms with van der Waals surface area (Å²) < 4.78 is 24.4. The van der Waals surface area contributed by atoms with Gasteiger partial charge in [-0.25, -0.2) is 8.42 Å². The normalized spacial score (nSPS) is 14.5. The SMILES string of the molecule is CS(=O)(=O)CC1(CNC(=O)c2ccc(C(=O)NCc3ccc(Cl)cc3)c(=O)n2CCCl)CC1. The molecule has 178 valence electrons. The van der Waals surface area contributed by atoms with Gasteiger partial charge >= 0.3 is 0 Å². The molecule has 11 heteroatoms.